The first-order chi connectivity index (χ1) is 11.1. The van der Waals surface area contributed by atoms with Crippen LogP contribution in [0.3, 0.4) is 0 Å². The average molecular weight is 318 g/mol. The van der Waals surface area contributed by atoms with Crippen molar-refractivity contribution in [1.29, 1.82) is 0 Å². The van der Waals surface area contributed by atoms with Crippen molar-refractivity contribution in [3.63, 3.8) is 0 Å². The molecule has 0 aromatic carbocycles. The Balaban J connectivity index is 1.73. The van der Waals surface area contributed by atoms with Crippen LogP contribution in [-0.2, 0) is 9.53 Å². The van der Waals surface area contributed by atoms with Crippen molar-refractivity contribution >= 4 is 5.78 Å². The van der Waals surface area contributed by atoms with Crippen molar-refractivity contribution < 1.29 is 14.6 Å². The number of allylic oxidation sites excluding steroid dienone is 1. The van der Waals surface area contributed by atoms with Gasteiger partial charge in [-0.25, -0.2) is 0 Å². The van der Waals surface area contributed by atoms with Crippen molar-refractivity contribution in [1.82, 2.24) is 0 Å². The molecular weight excluding hydrogens is 288 g/mol. The van der Waals surface area contributed by atoms with Crippen molar-refractivity contribution in [2.75, 3.05) is 13.7 Å². The third-order valence-corrected chi connectivity index (χ3v) is 8.04. The Labute approximate surface area is 139 Å². The summed E-state index contributed by atoms with van der Waals surface area (Å²) in [4.78, 5) is 12.5. The van der Waals surface area contributed by atoms with Crippen LogP contribution in [0.1, 0.15) is 58.3 Å². The molecule has 0 spiro atoms. The third-order valence-electron chi connectivity index (χ3n) is 8.04. The van der Waals surface area contributed by atoms with Gasteiger partial charge in [0.15, 0.2) is 0 Å². The van der Waals surface area contributed by atoms with Gasteiger partial charge in [0, 0.05) is 24.4 Å². The van der Waals surface area contributed by atoms with Crippen LogP contribution >= 0.6 is 0 Å². The normalized spacial score (nSPS) is 49.2. The van der Waals surface area contributed by atoms with Gasteiger partial charge in [-0.05, 0) is 68.3 Å². The van der Waals surface area contributed by atoms with E-state index in [1.165, 1.54) is 5.57 Å². The fourth-order valence-corrected chi connectivity index (χ4v) is 6.83. The molecule has 3 nitrogen and oxygen atoms in total. The summed E-state index contributed by atoms with van der Waals surface area (Å²) in [6.07, 6.45) is 10.9. The standard InChI is InChI=1S/C20H30O3/c1-19-11-9-15-13(14(19)7-8-18(19)22)5-6-16-17(23-2)4-3-10-20(15,16)12-21/h6,13-15,17,21H,3-5,7-12H2,1-2H3/t13?,14?,15?,17-,19-,20-/m0/s1. The number of methoxy groups -OCH3 is 1. The largest absolute Gasteiger partial charge is 0.395 e. The number of ether oxygens (including phenoxy) is 1. The first-order valence-corrected chi connectivity index (χ1v) is 9.44. The second kappa shape index (κ2) is 5.42. The fraction of sp³-hybridized carbons (Fsp3) is 0.850. The molecule has 0 radical (unpaired) electrons. The number of rotatable bonds is 2. The molecule has 3 fully saturated rings. The van der Waals surface area contributed by atoms with Gasteiger partial charge in [-0.2, -0.15) is 0 Å². The lowest BCUT2D eigenvalue weighted by Crippen LogP contribution is -2.54. The molecule has 0 amide bonds. The van der Waals surface area contributed by atoms with Crippen LogP contribution in [0.15, 0.2) is 11.6 Å². The Morgan fingerprint density at radius 3 is 2.83 bits per heavy atom. The molecule has 3 unspecified atom stereocenters. The summed E-state index contributed by atoms with van der Waals surface area (Å²) in [5.41, 5.74) is 1.22. The molecule has 23 heavy (non-hydrogen) atoms. The summed E-state index contributed by atoms with van der Waals surface area (Å²) in [6.45, 7) is 2.46. The van der Waals surface area contributed by atoms with E-state index in [1.807, 2.05) is 0 Å². The summed E-state index contributed by atoms with van der Waals surface area (Å²) < 4.78 is 5.76. The fourth-order valence-electron chi connectivity index (χ4n) is 6.83. The molecule has 0 bridgehead atoms. The van der Waals surface area contributed by atoms with Gasteiger partial charge in [0.1, 0.15) is 5.78 Å². The number of hydrogen-bond donors (Lipinski definition) is 1. The Morgan fingerprint density at radius 2 is 2.09 bits per heavy atom. The molecular formula is C20H30O3. The number of Topliss-reactive ketones (excluding diaryl/α,β-unsaturated/α-hetero) is 1. The van der Waals surface area contributed by atoms with Gasteiger partial charge in [-0.3, -0.25) is 4.79 Å². The molecule has 3 saturated carbocycles. The summed E-state index contributed by atoms with van der Waals surface area (Å²) >= 11 is 0. The first kappa shape index (κ1) is 15.8. The highest BCUT2D eigenvalue weighted by molar-refractivity contribution is 5.87. The average Bonchev–Trinajstić information content (AvgIpc) is 2.89. The Kier molecular flexibility index (Phi) is 3.73. The lowest BCUT2D eigenvalue weighted by molar-refractivity contribution is -0.133. The second-order valence-electron chi connectivity index (χ2n) is 8.62. The monoisotopic (exact) mass is 318 g/mol. The minimum absolute atomic E-state index is 0.0746. The highest BCUT2D eigenvalue weighted by Gasteiger charge is 2.60. The molecule has 1 N–H and O–H groups in total. The molecule has 0 aromatic rings. The van der Waals surface area contributed by atoms with E-state index in [9.17, 15) is 9.90 Å². The predicted octanol–water partition coefficient (Wildman–Crippen LogP) is 3.51. The molecule has 4 rings (SSSR count). The highest BCUT2D eigenvalue weighted by Crippen LogP contribution is 2.64. The smallest absolute Gasteiger partial charge is 0.139 e. The lowest BCUT2D eigenvalue weighted by Gasteiger charge is -2.57. The molecule has 128 valence electrons. The van der Waals surface area contributed by atoms with Gasteiger partial charge in [-0.1, -0.05) is 13.0 Å². The lowest BCUT2D eigenvalue weighted by atomic mass is 9.47. The van der Waals surface area contributed by atoms with Gasteiger partial charge in [-0.15, -0.1) is 0 Å². The molecule has 4 aliphatic rings. The number of fused-ring (bicyclic) bond motifs is 5. The summed E-state index contributed by atoms with van der Waals surface area (Å²) in [5.74, 6) is 2.13. The quantitative estimate of drug-likeness (QED) is 0.793. The Morgan fingerprint density at radius 1 is 1.26 bits per heavy atom. The van der Waals surface area contributed by atoms with Gasteiger partial charge < -0.3 is 9.84 Å². The van der Waals surface area contributed by atoms with E-state index in [2.05, 4.69) is 13.0 Å². The van der Waals surface area contributed by atoms with Gasteiger partial charge in [0.05, 0.1) is 12.7 Å². The van der Waals surface area contributed by atoms with Crippen LogP contribution in [0, 0.1) is 28.6 Å². The van der Waals surface area contributed by atoms with E-state index >= 15 is 0 Å². The topological polar surface area (TPSA) is 46.5 Å². The van der Waals surface area contributed by atoms with E-state index in [-0.39, 0.29) is 23.5 Å². The highest BCUT2D eigenvalue weighted by atomic mass is 16.5. The molecule has 0 aliphatic heterocycles. The van der Waals surface area contributed by atoms with Crippen LogP contribution in [0.4, 0.5) is 0 Å². The third kappa shape index (κ3) is 1.99. The number of carbonyl (C=O) groups is 1. The van der Waals surface area contributed by atoms with Crippen molar-refractivity contribution in [3.05, 3.63) is 11.6 Å². The Hall–Kier alpha value is -0.670. The zero-order chi connectivity index (χ0) is 16.2. The summed E-state index contributed by atoms with van der Waals surface area (Å²) in [7, 11) is 1.80. The second-order valence-corrected chi connectivity index (χ2v) is 8.62. The first-order valence-electron chi connectivity index (χ1n) is 9.44. The predicted molar refractivity (Wildman–Crippen MR) is 88.9 cm³/mol. The SMILES string of the molecule is CO[C@H]1CCC[C@@]2(CO)C1=CCC1C2CC[C@]2(C)C(=O)CCC12. The summed E-state index contributed by atoms with van der Waals surface area (Å²) in [5, 5.41) is 10.4. The summed E-state index contributed by atoms with van der Waals surface area (Å²) in [6, 6.07) is 0. The number of ketones is 1. The number of aliphatic hydroxyl groups is 1. The minimum Gasteiger partial charge on any atom is -0.395 e. The maximum absolute atomic E-state index is 12.5. The van der Waals surface area contributed by atoms with E-state index in [4.69, 9.17) is 4.74 Å². The number of aliphatic hydroxyl groups excluding tert-OH is 1. The molecule has 4 aliphatic carbocycles. The van der Waals surface area contributed by atoms with Crippen LogP contribution in [0.2, 0.25) is 0 Å². The zero-order valence-corrected chi connectivity index (χ0v) is 14.5. The van der Waals surface area contributed by atoms with Crippen molar-refractivity contribution in [2.45, 2.75) is 64.4 Å². The van der Waals surface area contributed by atoms with Crippen molar-refractivity contribution in [2.24, 2.45) is 28.6 Å². The van der Waals surface area contributed by atoms with E-state index in [0.717, 1.165) is 51.4 Å². The van der Waals surface area contributed by atoms with Crippen LogP contribution in [-0.4, -0.2) is 30.7 Å². The molecule has 0 aromatic heterocycles. The zero-order valence-electron chi connectivity index (χ0n) is 14.5. The molecule has 0 saturated heterocycles. The maximum atomic E-state index is 12.5. The van der Waals surface area contributed by atoms with Gasteiger partial charge in [0.2, 0.25) is 0 Å². The van der Waals surface area contributed by atoms with E-state index in [0.29, 0.717) is 23.5 Å². The maximum Gasteiger partial charge on any atom is 0.139 e. The minimum atomic E-state index is -0.0848. The van der Waals surface area contributed by atoms with E-state index in [1.54, 1.807) is 7.11 Å². The van der Waals surface area contributed by atoms with E-state index < -0.39 is 0 Å². The van der Waals surface area contributed by atoms with Gasteiger partial charge >= 0.3 is 0 Å². The number of carbonyl (C=O) groups excluding carboxylic acids is 1. The van der Waals surface area contributed by atoms with Crippen molar-refractivity contribution in [3.8, 4) is 0 Å². The molecule has 3 heteroatoms. The molecule has 0 heterocycles. The Bertz CT molecular complexity index is 539. The van der Waals surface area contributed by atoms with Crippen LogP contribution < -0.4 is 0 Å². The number of hydrogen-bond acceptors (Lipinski definition) is 3. The van der Waals surface area contributed by atoms with Crippen LogP contribution in [0.25, 0.3) is 0 Å². The van der Waals surface area contributed by atoms with Crippen LogP contribution in [0.5, 0.6) is 0 Å². The molecule has 6 atom stereocenters. The van der Waals surface area contributed by atoms with Gasteiger partial charge in [0.25, 0.3) is 0 Å².